The van der Waals surface area contributed by atoms with Crippen LogP contribution in [0.5, 0.6) is 0 Å². The van der Waals surface area contributed by atoms with E-state index in [0.717, 1.165) is 16.7 Å². The van der Waals surface area contributed by atoms with Crippen LogP contribution in [0.2, 0.25) is 0 Å². The minimum atomic E-state index is -0.834. The highest BCUT2D eigenvalue weighted by atomic mass is 16.6. The first kappa shape index (κ1) is 25.9. The van der Waals surface area contributed by atoms with Crippen LogP contribution in [0, 0.1) is 0 Å². The van der Waals surface area contributed by atoms with Crippen LogP contribution in [-0.2, 0) is 43.5 Å². The molecule has 0 saturated carbocycles. The summed E-state index contributed by atoms with van der Waals surface area (Å²) in [6.07, 6.45) is -1.83. The second-order valence-electron chi connectivity index (χ2n) is 8.76. The second kappa shape index (κ2) is 13.8. The highest BCUT2D eigenvalue weighted by Crippen LogP contribution is 2.28. The van der Waals surface area contributed by atoms with Crippen molar-refractivity contribution in [2.24, 2.45) is 5.73 Å². The second-order valence-corrected chi connectivity index (χ2v) is 8.76. The largest absolute Gasteiger partial charge is 0.447 e. The van der Waals surface area contributed by atoms with Crippen LogP contribution in [0.4, 0.5) is 4.79 Å². The fraction of sp³-hybridized carbons (Fsp3) is 0.345. The number of amides is 1. The maximum Gasteiger partial charge on any atom is 0.404 e. The average molecular weight is 492 g/mol. The quantitative estimate of drug-likeness (QED) is 0.398. The first-order chi connectivity index (χ1) is 17.7. The summed E-state index contributed by atoms with van der Waals surface area (Å²) in [5.41, 5.74) is 8.39. The van der Waals surface area contributed by atoms with Crippen molar-refractivity contribution in [3.05, 3.63) is 108 Å². The summed E-state index contributed by atoms with van der Waals surface area (Å²) >= 11 is 0. The highest BCUT2D eigenvalue weighted by Gasteiger charge is 2.41. The van der Waals surface area contributed by atoms with Crippen LogP contribution >= 0.6 is 0 Å². The summed E-state index contributed by atoms with van der Waals surface area (Å²) in [4.78, 5) is 11.2. The molecule has 0 radical (unpaired) electrons. The lowest BCUT2D eigenvalue weighted by Gasteiger charge is -2.41. The van der Waals surface area contributed by atoms with Crippen LogP contribution in [0.1, 0.15) is 23.1 Å². The van der Waals surface area contributed by atoms with Gasteiger partial charge in [0.15, 0.2) is 0 Å². The van der Waals surface area contributed by atoms with E-state index in [0.29, 0.717) is 32.8 Å². The number of hydrogen-bond acceptors (Lipinski definition) is 6. The normalized spacial score (nSPS) is 21.7. The predicted octanol–water partition coefficient (Wildman–Crippen LogP) is 4.63. The van der Waals surface area contributed by atoms with Gasteiger partial charge in [-0.1, -0.05) is 91.0 Å². The Bertz CT molecular complexity index is 1030. The Morgan fingerprint density at radius 2 is 1.28 bits per heavy atom. The molecule has 0 aromatic heterocycles. The van der Waals surface area contributed by atoms with Gasteiger partial charge in [-0.3, -0.25) is 0 Å². The summed E-state index contributed by atoms with van der Waals surface area (Å²) in [5.74, 6) is 0. The van der Waals surface area contributed by atoms with Gasteiger partial charge >= 0.3 is 6.09 Å². The lowest BCUT2D eigenvalue weighted by atomic mass is 9.97. The van der Waals surface area contributed by atoms with Gasteiger partial charge in [0.05, 0.1) is 38.6 Å². The monoisotopic (exact) mass is 491 g/mol. The fourth-order valence-corrected chi connectivity index (χ4v) is 4.22. The zero-order chi connectivity index (χ0) is 25.0. The van der Waals surface area contributed by atoms with E-state index in [9.17, 15) is 4.79 Å². The third kappa shape index (κ3) is 8.17. The molecule has 0 aliphatic carbocycles. The number of rotatable bonds is 12. The van der Waals surface area contributed by atoms with E-state index < -0.39 is 12.2 Å². The van der Waals surface area contributed by atoms with Crippen molar-refractivity contribution in [2.75, 3.05) is 13.2 Å². The Kier molecular flexibility index (Phi) is 9.87. The molecule has 0 unspecified atom stereocenters. The molecule has 36 heavy (non-hydrogen) atoms. The van der Waals surface area contributed by atoms with Crippen molar-refractivity contribution in [3.63, 3.8) is 0 Å². The maximum absolute atomic E-state index is 11.2. The molecule has 1 heterocycles. The Balaban J connectivity index is 1.47. The number of carbonyl (C=O) groups is 1. The Morgan fingerprint density at radius 1 is 0.750 bits per heavy atom. The average Bonchev–Trinajstić information content (AvgIpc) is 2.92. The molecule has 7 heteroatoms. The summed E-state index contributed by atoms with van der Waals surface area (Å²) < 4.78 is 30.2. The minimum absolute atomic E-state index is 0.0428. The van der Waals surface area contributed by atoms with E-state index in [2.05, 4.69) is 0 Å². The summed E-state index contributed by atoms with van der Waals surface area (Å²) in [7, 11) is 0. The SMILES string of the molecule is NC(=O)OC[C@@H]1C[C@@H](OCc2ccccc2)[C@H](OCc2ccccc2)[C@@H](COCc2ccccc2)O1. The summed E-state index contributed by atoms with van der Waals surface area (Å²) in [5, 5.41) is 0. The molecular formula is C29H33NO6. The van der Waals surface area contributed by atoms with Gasteiger partial charge in [0, 0.05) is 6.42 Å². The van der Waals surface area contributed by atoms with Crippen LogP contribution in [0.25, 0.3) is 0 Å². The van der Waals surface area contributed by atoms with E-state index in [4.69, 9.17) is 29.4 Å². The van der Waals surface area contributed by atoms with Crippen molar-refractivity contribution in [3.8, 4) is 0 Å². The summed E-state index contributed by atoms with van der Waals surface area (Å²) in [6, 6.07) is 29.9. The molecule has 1 aliphatic heterocycles. The summed E-state index contributed by atoms with van der Waals surface area (Å²) in [6.45, 7) is 1.63. The van der Waals surface area contributed by atoms with E-state index in [1.807, 2.05) is 91.0 Å². The Morgan fingerprint density at radius 3 is 1.83 bits per heavy atom. The topological polar surface area (TPSA) is 89.2 Å². The van der Waals surface area contributed by atoms with Crippen LogP contribution < -0.4 is 5.73 Å². The van der Waals surface area contributed by atoms with Gasteiger partial charge in [-0.25, -0.2) is 4.79 Å². The third-order valence-electron chi connectivity index (χ3n) is 5.99. The van der Waals surface area contributed by atoms with Crippen LogP contribution in [-0.4, -0.2) is 43.7 Å². The van der Waals surface area contributed by atoms with Crippen LogP contribution in [0.15, 0.2) is 91.0 Å². The Hall–Kier alpha value is -3.23. The van der Waals surface area contributed by atoms with Gasteiger partial charge in [-0.15, -0.1) is 0 Å². The zero-order valence-corrected chi connectivity index (χ0v) is 20.2. The van der Waals surface area contributed by atoms with Gasteiger partial charge in [0.2, 0.25) is 0 Å². The zero-order valence-electron chi connectivity index (χ0n) is 20.2. The molecule has 1 fully saturated rings. The number of primary amides is 1. The van der Waals surface area contributed by atoms with E-state index in [1.165, 1.54) is 0 Å². The fourth-order valence-electron chi connectivity index (χ4n) is 4.22. The molecule has 0 bridgehead atoms. The first-order valence-corrected chi connectivity index (χ1v) is 12.2. The van der Waals surface area contributed by atoms with E-state index >= 15 is 0 Å². The molecule has 2 N–H and O–H groups in total. The Labute approximate surface area is 212 Å². The van der Waals surface area contributed by atoms with Gasteiger partial charge in [-0.2, -0.15) is 0 Å². The van der Waals surface area contributed by atoms with Crippen molar-refractivity contribution in [1.29, 1.82) is 0 Å². The molecule has 7 nitrogen and oxygen atoms in total. The van der Waals surface area contributed by atoms with Gasteiger partial charge in [0.25, 0.3) is 0 Å². The number of carbonyl (C=O) groups excluding carboxylic acids is 1. The van der Waals surface area contributed by atoms with Crippen molar-refractivity contribution < 1.29 is 28.5 Å². The molecular weight excluding hydrogens is 458 g/mol. The molecule has 3 aromatic rings. The highest BCUT2D eigenvalue weighted by molar-refractivity contribution is 5.64. The van der Waals surface area contributed by atoms with Crippen molar-refractivity contribution in [1.82, 2.24) is 0 Å². The van der Waals surface area contributed by atoms with Gasteiger partial charge < -0.3 is 29.4 Å². The number of benzene rings is 3. The molecule has 0 spiro atoms. The molecule has 1 saturated heterocycles. The number of nitrogens with two attached hydrogens (primary N) is 1. The van der Waals surface area contributed by atoms with E-state index in [1.54, 1.807) is 0 Å². The lowest BCUT2D eigenvalue weighted by molar-refractivity contribution is -0.225. The first-order valence-electron chi connectivity index (χ1n) is 12.2. The molecule has 1 aliphatic rings. The van der Waals surface area contributed by atoms with Gasteiger partial charge in [0.1, 0.15) is 18.8 Å². The standard InChI is InChI=1S/C29H33NO6/c30-29(31)35-20-25-16-26(33-18-23-12-6-2-7-13-23)28(34-19-24-14-8-3-9-15-24)27(36-25)21-32-17-22-10-4-1-5-11-22/h1-15,25-28H,16-21H2,(H2,30,31)/t25-,26+,27+,28-/m0/s1. The molecule has 1 amide bonds. The van der Waals surface area contributed by atoms with Crippen LogP contribution in [0.3, 0.4) is 0 Å². The third-order valence-corrected chi connectivity index (χ3v) is 5.99. The molecule has 4 atom stereocenters. The number of ether oxygens (including phenoxy) is 5. The molecule has 190 valence electrons. The molecule has 3 aromatic carbocycles. The van der Waals surface area contributed by atoms with Crippen molar-refractivity contribution in [2.45, 2.75) is 50.7 Å². The maximum atomic E-state index is 11.2. The molecule has 4 rings (SSSR count). The lowest BCUT2D eigenvalue weighted by Crippen LogP contribution is -2.53. The number of hydrogen-bond donors (Lipinski definition) is 1. The van der Waals surface area contributed by atoms with E-state index in [-0.39, 0.29) is 24.9 Å². The van der Waals surface area contributed by atoms with Gasteiger partial charge in [-0.05, 0) is 16.7 Å². The minimum Gasteiger partial charge on any atom is -0.447 e. The smallest absolute Gasteiger partial charge is 0.404 e. The van der Waals surface area contributed by atoms with Crippen molar-refractivity contribution >= 4 is 6.09 Å². The predicted molar refractivity (Wildman–Crippen MR) is 135 cm³/mol.